The van der Waals surface area contributed by atoms with Crippen LogP contribution in [0.5, 0.6) is 0 Å². The van der Waals surface area contributed by atoms with Crippen LogP contribution in [0.2, 0.25) is 0 Å². The van der Waals surface area contributed by atoms with Crippen molar-refractivity contribution in [2.24, 2.45) is 0 Å². The van der Waals surface area contributed by atoms with Crippen LogP contribution in [-0.2, 0) is 9.59 Å². The van der Waals surface area contributed by atoms with Gasteiger partial charge in [0, 0.05) is 5.54 Å². The SMILES string of the molecule is CCCC(C)(C)N1C(=O)C(CC)NC(=O)C1CC. The molecule has 0 bridgehead atoms. The summed E-state index contributed by atoms with van der Waals surface area (Å²) in [6.45, 7) is 10.1. The van der Waals surface area contributed by atoms with E-state index >= 15 is 0 Å². The van der Waals surface area contributed by atoms with Crippen molar-refractivity contribution < 1.29 is 9.59 Å². The van der Waals surface area contributed by atoms with Gasteiger partial charge in [0.25, 0.3) is 0 Å². The molecule has 0 aromatic carbocycles. The van der Waals surface area contributed by atoms with E-state index < -0.39 is 0 Å². The standard InChI is InChI=1S/C14H26N2O2/c1-6-9-14(4,5)16-11(8-3)12(17)15-10(7-2)13(16)18/h10-11H,6-9H2,1-5H3,(H,15,17). The van der Waals surface area contributed by atoms with Gasteiger partial charge in [-0.15, -0.1) is 0 Å². The summed E-state index contributed by atoms with van der Waals surface area (Å²) in [5.41, 5.74) is -0.252. The zero-order chi connectivity index (χ0) is 13.9. The fourth-order valence-electron chi connectivity index (χ4n) is 2.87. The van der Waals surface area contributed by atoms with Crippen molar-refractivity contribution in [1.29, 1.82) is 0 Å². The number of nitrogens with one attached hydrogen (secondary N) is 1. The van der Waals surface area contributed by atoms with Crippen LogP contribution in [0.3, 0.4) is 0 Å². The first-order chi connectivity index (χ1) is 8.38. The Morgan fingerprint density at radius 2 is 1.78 bits per heavy atom. The highest BCUT2D eigenvalue weighted by Gasteiger charge is 2.44. The number of rotatable bonds is 5. The molecule has 0 spiro atoms. The lowest BCUT2D eigenvalue weighted by molar-refractivity contribution is -0.156. The van der Waals surface area contributed by atoms with Crippen LogP contribution in [-0.4, -0.2) is 34.3 Å². The number of nitrogens with zero attached hydrogens (tertiary/aromatic N) is 1. The van der Waals surface area contributed by atoms with E-state index in [0.717, 1.165) is 12.8 Å². The molecule has 104 valence electrons. The Bertz CT molecular complexity index is 326. The molecule has 1 heterocycles. The van der Waals surface area contributed by atoms with E-state index in [1.807, 2.05) is 18.7 Å². The summed E-state index contributed by atoms with van der Waals surface area (Å²) >= 11 is 0. The lowest BCUT2D eigenvalue weighted by atomic mass is 9.90. The van der Waals surface area contributed by atoms with E-state index in [4.69, 9.17) is 0 Å². The Kier molecular flexibility index (Phi) is 4.77. The molecule has 0 saturated carbocycles. The summed E-state index contributed by atoms with van der Waals surface area (Å²) < 4.78 is 0. The van der Waals surface area contributed by atoms with Gasteiger partial charge >= 0.3 is 0 Å². The molecule has 2 atom stereocenters. The van der Waals surface area contributed by atoms with Crippen molar-refractivity contribution in [3.8, 4) is 0 Å². The predicted octanol–water partition coefficient (Wildman–Crippen LogP) is 2.08. The molecule has 1 rings (SSSR count). The van der Waals surface area contributed by atoms with Gasteiger partial charge < -0.3 is 10.2 Å². The molecule has 4 nitrogen and oxygen atoms in total. The van der Waals surface area contributed by atoms with Crippen LogP contribution in [0, 0.1) is 0 Å². The van der Waals surface area contributed by atoms with Crippen molar-refractivity contribution in [1.82, 2.24) is 10.2 Å². The van der Waals surface area contributed by atoms with Gasteiger partial charge in [-0.2, -0.15) is 0 Å². The van der Waals surface area contributed by atoms with E-state index in [2.05, 4.69) is 26.1 Å². The largest absolute Gasteiger partial charge is 0.343 e. The van der Waals surface area contributed by atoms with Crippen molar-refractivity contribution in [2.45, 2.75) is 77.9 Å². The number of piperazine rings is 1. The highest BCUT2D eigenvalue weighted by atomic mass is 16.2. The smallest absolute Gasteiger partial charge is 0.246 e. The second-order valence-corrected chi connectivity index (χ2v) is 5.66. The van der Waals surface area contributed by atoms with Crippen LogP contribution in [0.25, 0.3) is 0 Å². The predicted molar refractivity (Wildman–Crippen MR) is 72.1 cm³/mol. The van der Waals surface area contributed by atoms with E-state index in [9.17, 15) is 9.59 Å². The molecule has 4 heteroatoms. The van der Waals surface area contributed by atoms with Gasteiger partial charge in [-0.25, -0.2) is 0 Å². The molecule has 1 saturated heterocycles. The fourth-order valence-corrected chi connectivity index (χ4v) is 2.87. The second kappa shape index (κ2) is 5.72. The number of carbonyl (C=O) groups is 2. The average molecular weight is 254 g/mol. The molecule has 0 radical (unpaired) electrons. The van der Waals surface area contributed by atoms with Crippen LogP contribution < -0.4 is 5.32 Å². The van der Waals surface area contributed by atoms with Crippen LogP contribution in [0.15, 0.2) is 0 Å². The average Bonchev–Trinajstić information content (AvgIpc) is 2.30. The first kappa shape index (κ1) is 15.0. The quantitative estimate of drug-likeness (QED) is 0.816. The molecule has 2 unspecified atom stereocenters. The van der Waals surface area contributed by atoms with Crippen LogP contribution >= 0.6 is 0 Å². The highest BCUT2D eigenvalue weighted by molar-refractivity contribution is 5.97. The molecule has 1 aliphatic rings. The Balaban J connectivity index is 3.07. The first-order valence-electron chi connectivity index (χ1n) is 7.02. The number of hydrogen-bond donors (Lipinski definition) is 1. The Morgan fingerprint density at radius 3 is 2.22 bits per heavy atom. The lowest BCUT2D eigenvalue weighted by Gasteiger charge is -2.47. The van der Waals surface area contributed by atoms with Crippen molar-refractivity contribution in [2.75, 3.05) is 0 Å². The molecule has 1 aliphatic heterocycles. The number of amides is 2. The van der Waals surface area contributed by atoms with Crippen molar-refractivity contribution in [3.05, 3.63) is 0 Å². The van der Waals surface area contributed by atoms with Gasteiger partial charge in [0.2, 0.25) is 11.8 Å². The summed E-state index contributed by atoms with van der Waals surface area (Å²) in [4.78, 5) is 26.4. The first-order valence-corrected chi connectivity index (χ1v) is 7.02. The van der Waals surface area contributed by atoms with E-state index in [1.54, 1.807) is 0 Å². The van der Waals surface area contributed by atoms with Gasteiger partial charge in [-0.05, 0) is 33.1 Å². The van der Waals surface area contributed by atoms with Crippen LogP contribution in [0.1, 0.15) is 60.3 Å². The summed E-state index contributed by atoms with van der Waals surface area (Å²) in [6, 6.07) is -0.668. The highest BCUT2D eigenvalue weighted by Crippen LogP contribution is 2.28. The normalized spacial score (nSPS) is 25.3. The minimum absolute atomic E-state index is 0.00636. The van der Waals surface area contributed by atoms with E-state index in [1.165, 1.54) is 0 Å². The molecule has 0 aromatic heterocycles. The van der Waals surface area contributed by atoms with Gasteiger partial charge in [-0.3, -0.25) is 9.59 Å². The summed E-state index contributed by atoms with van der Waals surface area (Å²) in [5.74, 6) is 0.0653. The molecule has 0 aromatic rings. The maximum Gasteiger partial charge on any atom is 0.246 e. The van der Waals surface area contributed by atoms with Crippen molar-refractivity contribution in [3.63, 3.8) is 0 Å². The third-order valence-electron chi connectivity index (χ3n) is 3.78. The monoisotopic (exact) mass is 254 g/mol. The fraction of sp³-hybridized carbons (Fsp3) is 0.857. The maximum atomic E-state index is 12.5. The minimum Gasteiger partial charge on any atom is -0.343 e. The Labute approximate surface area is 110 Å². The van der Waals surface area contributed by atoms with Gasteiger partial charge in [-0.1, -0.05) is 27.2 Å². The molecule has 1 N–H and O–H groups in total. The molecule has 1 fully saturated rings. The maximum absolute atomic E-state index is 12.5. The van der Waals surface area contributed by atoms with E-state index in [-0.39, 0.29) is 29.4 Å². The lowest BCUT2D eigenvalue weighted by Crippen LogP contribution is -2.68. The summed E-state index contributed by atoms with van der Waals surface area (Å²) in [6.07, 6.45) is 3.24. The van der Waals surface area contributed by atoms with Crippen molar-refractivity contribution >= 4 is 11.8 Å². The topological polar surface area (TPSA) is 49.4 Å². The molecule has 0 aliphatic carbocycles. The minimum atomic E-state index is -0.351. The second-order valence-electron chi connectivity index (χ2n) is 5.66. The molecule has 2 amide bonds. The summed E-state index contributed by atoms with van der Waals surface area (Å²) in [5, 5.41) is 2.83. The summed E-state index contributed by atoms with van der Waals surface area (Å²) in [7, 11) is 0. The number of carbonyl (C=O) groups excluding carboxylic acids is 2. The van der Waals surface area contributed by atoms with Gasteiger partial charge in [0.05, 0.1) is 0 Å². The van der Waals surface area contributed by atoms with E-state index in [0.29, 0.717) is 12.8 Å². The van der Waals surface area contributed by atoms with Gasteiger partial charge in [0.15, 0.2) is 0 Å². The molecular formula is C14H26N2O2. The Hall–Kier alpha value is -1.06. The third-order valence-corrected chi connectivity index (χ3v) is 3.78. The Morgan fingerprint density at radius 1 is 1.17 bits per heavy atom. The van der Waals surface area contributed by atoms with Crippen LogP contribution in [0.4, 0.5) is 0 Å². The molecule has 18 heavy (non-hydrogen) atoms. The molecular weight excluding hydrogens is 228 g/mol. The number of hydrogen-bond acceptors (Lipinski definition) is 2. The van der Waals surface area contributed by atoms with Gasteiger partial charge in [0.1, 0.15) is 12.1 Å². The zero-order valence-electron chi connectivity index (χ0n) is 12.2. The zero-order valence-corrected chi connectivity index (χ0v) is 12.2. The third kappa shape index (κ3) is 2.68.